The molecule has 74 valence electrons. The van der Waals surface area contributed by atoms with Gasteiger partial charge in [0.25, 0.3) is 0 Å². The van der Waals surface area contributed by atoms with Gasteiger partial charge in [0, 0.05) is 9.86 Å². The molecular weight excluding hydrogens is 276 g/mol. The Bertz CT molecular complexity index is 711. The van der Waals surface area contributed by atoms with E-state index in [0.717, 1.165) is 31.3 Å². The van der Waals surface area contributed by atoms with Gasteiger partial charge in [0.1, 0.15) is 5.58 Å². The van der Waals surface area contributed by atoms with Crippen LogP contribution in [-0.4, -0.2) is 0 Å². The van der Waals surface area contributed by atoms with Crippen molar-refractivity contribution in [1.29, 1.82) is 0 Å². The van der Waals surface area contributed by atoms with Gasteiger partial charge in [-0.3, -0.25) is 0 Å². The third-order valence-electron chi connectivity index (χ3n) is 2.27. The van der Waals surface area contributed by atoms with Gasteiger partial charge >= 0.3 is 4.94 Å². The smallest absolute Gasteiger partial charge is 0.396 e. The van der Waals surface area contributed by atoms with Crippen LogP contribution in [0.3, 0.4) is 0 Å². The molecule has 0 saturated heterocycles. The first-order chi connectivity index (χ1) is 7.24. The molecule has 15 heavy (non-hydrogen) atoms. The Labute approximate surface area is 97.3 Å². The maximum absolute atomic E-state index is 11.1. The third-order valence-corrected chi connectivity index (χ3v) is 3.64. The van der Waals surface area contributed by atoms with E-state index >= 15 is 0 Å². The van der Waals surface area contributed by atoms with Crippen LogP contribution >= 0.6 is 27.3 Å². The van der Waals surface area contributed by atoms with Crippen LogP contribution in [0.1, 0.15) is 0 Å². The molecule has 1 aromatic heterocycles. The largest absolute Gasteiger partial charge is 0.414 e. The van der Waals surface area contributed by atoms with E-state index in [-0.39, 0.29) is 4.94 Å². The molecule has 2 nitrogen and oxygen atoms in total. The average Bonchev–Trinajstić information content (AvgIpc) is 2.58. The highest BCUT2D eigenvalue weighted by atomic mass is 79.9. The van der Waals surface area contributed by atoms with Gasteiger partial charge in [-0.1, -0.05) is 39.4 Å². The van der Waals surface area contributed by atoms with Crippen LogP contribution in [0.5, 0.6) is 0 Å². The molecule has 0 atom stereocenters. The van der Waals surface area contributed by atoms with Crippen molar-refractivity contribution in [1.82, 2.24) is 0 Å². The summed E-state index contributed by atoms with van der Waals surface area (Å²) in [5.74, 6) is 0. The molecule has 0 fully saturated rings. The van der Waals surface area contributed by atoms with Gasteiger partial charge in [-0.25, -0.2) is 4.79 Å². The monoisotopic (exact) mass is 280 g/mol. The lowest BCUT2D eigenvalue weighted by Gasteiger charge is -1.98. The number of fused-ring (bicyclic) bond motifs is 3. The van der Waals surface area contributed by atoms with Gasteiger partial charge in [0.2, 0.25) is 0 Å². The molecule has 0 saturated carbocycles. The Kier molecular flexibility index (Phi) is 1.94. The predicted octanol–water partition coefficient (Wildman–Crippen LogP) is 3.77. The van der Waals surface area contributed by atoms with Crippen LogP contribution in [0.25, 0.3) is 21.1 Å². The second-order valence-electron chi connectivity index (χ2n) is 3.21. The van der Waals surface area contributed by atoms with Crippen molar-refractivity contribution in [2.45, 2.75) is 0 Å². The second kappa shape index (κ2) is 3.18. The summed E-state index contributed by atoms with van der Waals surface area (Å²) in [6.45, 7) is 0. The number of benzene rings is 2. The Balaban J connectivity index is 2.59. The predicted molar refractivity (Wildman–Crippen MR) is 65.6 cm³/mol. The Hall–Kier alpha value is -1.13. The lowest BCUT2D eigenvalue weighted by molar-refractivity contribution is 0.586. The first-order valence-electron chi connectivity index (χ1n) is 4.36. The second-order valence-corrected chi connectivity index (χ2v) is 5.07. The fourth-order valence-electron chi connectivity index (χ4n) is 1.63. The molecule has 0 N–H and O–H groups in total. The highest BCUT2D eigenvalue weighted by Crippen LogP contribution is 2.29. The van der Waals surface area contributed by atoms with Gasteiger partial charge in [0.05, 0.1) is 4.70 Å². The van der Waals surface area contributed by atoms with Gasteiger partial charge in [0.15, 0.2) is 0 Å². The minimum absolute atomic E-state index is 0.250. The number of hydrogen-bond acceptors (Lipinski definition) is 3. The first kappa shape index (κ1) is 9.12. The molecule has 0 bridgehead atoms. The van der Waals surface area contributed by atoms with E-state index in [1.54, 1.807) is 0 Å². The van der Waals surface area contributed by atoms with Crippen LogP contribution in [0.4, 0.5) is 0 Å². The summed E-state index contributed by atoms with van der Waals surface area (Å²) in [6.07, 6.45) is 0. The third kappa shape index (κ3) is 1.41. The van der Waals surface area contributed by atoms with E-state index in [1.165, 1.54) is 0 Å². The highest BCUT2D eigenvalue weighted by molar-refractivity contribution is 9.10. The van der Waals surface area contributed by atoms with Crippen molar-refractivity contribution in [3.63, 3.8) is 0 Å². The molecular formula is C11H5BrO2S. The molecule has 0 radical (unpaired) electrons. The normalized spacial score (nSPS) is 11.3. The quantitative estimate of drug-likeness (QED) is 0.628. The van der Waals surface area contributed by atoms with E-state index in [4.69, 9.17) is 4.42 Å². The maximum atomic E-state index is 11.1. The number of hydrogen-bond donors (Lipinski definition) is 0. The maximum Gasteiger partial charge on any atom is 0.396 e. The Morgan fingerprint density at radius 2 is 2.07 bits per heavy atom. The van der Waals surface area contributed by atoms with Crippen molar-refractivity contribution in [3.8, 4) is 0 Å². The topological polar surface area (TPSA) is 30.2 Å². The summed E-state index contributed by atoms with van der Waals surface area (Å²) in [5, 5.41) is 2.17. The summed E-state index contributed by atoms with van der Waals surface area (Å²) >= 11 is 4.57. The molecule has 0 aliphatic rings. The zero-order valence-corrected chi connectivity index (χ0v) is 9.89. The molecule has 1 heterocycles. The molecule has 0 aliphatic heterocycles. The van der Waals surface area contributed by atoms with Gasteiger partial charge < -0.3 is 4.42 Å². The summed E-state index contributed by atoms with van der Waals surface area (Å²) in [6, 6.07) is 9.78. The van der Waals surface area contributed by atoms with Crippen molar-refractivity contribution in [3.05, 3.63) is 44.5 Å². The van der Waals surface area contributed by atoms with Crippen LogP contribution in [0.2, 0.25) is 0 Å². The lowest BCUT2D eigenvalue weighted by Crippen LogP contribution is -1.79. The highest BCUT2D eigenvalue weighted by Gasteiger charge is 2.06. The minimum atomic E-state index is -0.250. The molecule has 0 unspecified atom stereocenters. The lowest BCUT2D eigenvalue weighted by atomic mass is 10.1. The van der Waals surface area contributed by atoms with Crippen LogP contribution in [0, 0.1) is 0 Å². The summed E-state index contributed by atoms with van der Waals surface area (Å²) in [5.41, 5.74) is 0.667. The van der Waals surface area contributed by atoms with Gasteiger partial charge in [-0.05, 0) is 23.6 Å². The minimum Gasteiger partial charge on any atom is -0.414 e. The van der Waals surface area contributed by atoms with E-state index in [0.29, 0.717) is 5.58 Å². The fourth-order valence-corrected chi connectivity index (χ4v) is 2.81. The Morgan fingerprint density at radius 3 is 2.93 bits per heavy atom. The molecule has 0 aliphatic carbocycles. The van der Waals surface area contributed by atoms with E-state index < -0.39 is 0 Å². The zero-order valence-electron chi connectivity index (χ0n) is 7.49. The zero-order chi connectivity index (χ0) is 10.4. The van der Waals surface area contributed by atoms with Crippen molar-refractivity contribution in [2.24, 2.45) is 0 Å². The summed E-state index contributed by atoms with van der Waals surface area (Å²) < 4.78 is 7.01. The molecule has 0 amide bonds. The molecule has 0 spiro atoms. The van der Waals surface area contributed by atoms with Crippen LogP contribution in [0.15, 0.2) is 44.0 Å². The Morgan fingerprint density at radius 1 is 1.20 bits per heavy atom. The van der Waals surface area contributed by atoms with Crippen molar-refractivity contribution in [2.75, 3.05) is 0 Å². The van der Waals surface area contributed by atoms with Crippen molar-refractivity contribution >= 4 is 48.3 Å². The molecule has 4 heteroatoms. The van der Waals surface area contributed by atoms with Crippen LogP contribution in [-0.2, 0) is 0 Å². The standard InChI is InChI=1S/C11H5BrO2S/c12-7-2-3-8-6(5-7)1-4-9-10(8)15-11(13)14-9/h1-5H. The number of halogens is 1. The summed E-state index contributed by atoms with van der Waals surface area (Å²) in [7, 11) is 0. The fraction of sp³-hybridized carbons (Fsp3) is 0. The van der Waals surface area contributed by atoms with E-state index in [1.807, 2.05) is 30.3 Å². The van der Waals surface area contributed by atoms with E-state index in [2.05, 4.69) is 15.9 Å². The molecule has 3 rings (SSSR count). The number of rotatable bonds is 0. The SMILES string of the molecule is O=c1oc2ccc3cc(Br)ccc3c2s1. The van der Waals surface area contributed by atoms with Crippen molar-refractivity contribution < 1.29 is 4.42 Å². The average molecular weight is 281 g/mol. The molecule has 3 aromatic rings. The van der Waals surface area contributed by atoms with Crippen LogP contribution < -0.4 is 4.94 Å². The van der Waals surface area contributed by atoms with E-state index in [9.17, 15) is 4.79 Å². The van der Waals surface area contributed by atoms with Gasteiger partial charge in [-0.2, -0.15) is 0 Å². The summed E-state index contributed by atoms with van der Waals surface area (Å²) in [4.78, 5) is 10.9. The van der Waals surface area contributed by atoms with Gasteiger partial charge in [-0.15, -0.1) is 0 Å². The molecule has 2 aromatic carbocycles. The first-order valence-corrected chi connectivity index (χ1v) is 5.97.